The highest BCUT2D eigenvalue weighted by Crippen LogP contribution is 2.49. The van der Waals surface area contributed by atoms with Crippen molar-refractivity contribution in [3.63, 3.8) is 0 Å². The van der Waals surface area contributed by atoms with Gasteiger partial charge >= 0.3 is 0 Å². The molecular weight excluding hydrogens is 528 g/mol. The average molecular weight is 561 g/mol. The van der Waals surface area contributed by atoms with Gasteiger partial charge in [-0.1, -0.05) is 132 Å². The SMILES string of the molecule is Cc1ccc2c(-c3ccc4ccc5c(C)ccc6ccc3c4c65)c3cc(C)ccc3c(-c3ccc(C)c4ccccc34)c2c1. The quantitative estimate of drug-likeness (QED) is 0.146. The van der Waals surface area contributed by atoms with Gasteiger partial charge in [0.15, 0.2) is 0 Å². The summed E-state index contributed by atoms with van der Waals surface area (Å²) in [4.78, 5) is 0. The van der Waals surface area contributed by atoms with Crippen LogP contribution in [0.2, 0.25) is 0 Å². The van der Waals surface area contributed by atoms with Crippen LogP contribution in [-0.4, -0.2) is 0 Å². The van der Waals surface area contributed by atoms with Crippen molar-refractivity contribution in [2.45, 2.75) is 27.7 Å². The van der Waals surface area contributed by atoms with Crippen LogP contribution in [0.25, 0.3) is 86.9 Å². The van der Waals surface area contributed by atoms with Gasteiger partial charge in [-0.2, -0.15) is 0 Å². The summed E-state index contributed by atoms with van der Waals surface area (Å²) in [6.45, 7) is 8.88. The molecule has 0 N–H and O–H groups in total. The molecule has 0 atom stereocenters. The first-order valence-corrected chi connectivity index (χ1v) is 15.6. The summed E-state index contributed by atoms with van der Waals surface area (Å²) in [5.74, 6) is 0. The van der Waals surface area contributed by atoms with Gasteiger partial charge < -0.3 is 0 Å². The average Bonchev–Trinajstić information content (AvgIpc) is 3.04. The minimum atomic E-state index is 1.28. The highest BCUT2D eigenvalue weighted by atomic mass is 14.2. The summed E-state index contributed by atoms with van der Waals surface area (Å²) in [6, 6.07) is 46.1. The summed E-state index contributed by atoms with van der Waals surface area (Å²) in [7, 11) is 0. The smallest absolute Gasteiger partial charge is 0.00200 e. The minimum absolute atomic E-state index is 1.28. The Bertz CT molecular complexity index is 2630. The molecule has 0 heteroatoms. The fourth-order valence-electron chi connectivity index (χ4n) is 7.87. The van der Waals surface area contributed by atoms with E-state index in [1.807, 2.05) is 0 Å². The zero-order valence-corrected chi connectivity index (χ0v) is 25.5. The molecule has 0 nitrogen and oxygen atoms in total. The molecule has 0 bridgehead atoms. The Morgan fingerprint density at radius 3 is 1.45 bits per heavy atom. The van der Waals surface area contributed by atoms with Crippen LogP contribution >= 0.6 is 0 Å². The molecule has 0 radical (unpaired) electrons. The third-order valence-corrected chi connectivity index (χ3v) is 9.99. The lowest BCUT2D eigenvalue weighted by Crippen LogP contribution is -1.95. The van der Waals surface area contributed by atoms with Crippen molar-refractivity contribution >= 4 is 64.6 Å². The van der Waals surface area contributed by atoms with E-state index >= 15 is 0 Å². The minimum Gasteiger partial charge on any atom is -0.0616 e. The Balaban J connectivity index is 1.49. The predicted molar refractivity (Wildman–Crippen MR) is 192 cm³/mol. The van der Waals surface area contributed by atoms with Crippen molar-refractivity contribution in [2.75, 3.05) is 0 Å². The molecule has 9 rings (SSSR count). The Hall–Kier alpha value is -5.20. The van der Waals surface area contributed by atoms with Crippen LogP contribution < -0.4 is 0 Å². The molecule has 0 saturated heterocycles. The van der Waals surface area contributed by atoms with Crippen molar-refractivity contribution in [3.8, 4) is 22.3 Å². The Morgan fingerprint density at radius 2 is 0.773 bits per heavy atom. The van der Waals surface area contributed by atoms with E-state index in [-0.39, 0.29) is 0 Å². The van der Waals surface area contributed by atoms with Gasteiger partial charge in [-0.3, -0.25) is 0 Å². The number of rotatable bonds is 2. The number of hydrogen-bond donors (Lipinski definition) is 0. The zero-order chi connectivity index (χ0) is 29.7. The molecule has 0 saturated carbocycles. The standard InChI is InChI=1S/C44H32/c1-25-10-18-38-39(23-25)43(34-19-12-27(3)31-7-5-6-8-33(31)34)37-17-9-26(2)24-40(37)44(38)36-22-16-30-14-20-32-28(4)11-13-29-15-21-35(36)42(30)41(29)32/h5-24H,1-4H3. The number of aryl methyl sites for hydroxylation is 4. The predicted octanol–water partition coefficient (Wildman–Crippen LogP) is 12.6. The molecule has 0 heterocycles. The summed E-state index contributed by atoms with van der Waals surface area (Å²) in [6.07, 6.45) is 0. The van der Waals surface area contributed by atoms with Gasteiger partial charge in [0.2, 0.25) is 0 Å². The maximum Gasteiger partial charge on any atom is -0.00200 e. The molecular formula is C44H32. The van der Waals surface area contributed by atoms with E-state index in [0.717, 1.165) is 0 Å². The van der Waals surface area contributed by atoms with Gasteiger partial charge in [0, 0.05) is 0 Å². The Morgan fingerprint density at radius 1 is 0.318 bits per heavy atom. The Labute approximate surface area is 257 Å². The summed E-state index contributed by atoms with van der Waals surface area (Å²) < 4.78 is 0. The monoisotopic (exact) mass is 560 g/mol. The van der Waals surface area contributed by atoms with Crippen LogP contribution in [0.3, 0.4) is 0 Å². The second-order valence-electron chi connectivity index (χ2n) is 12.7. The van der Waals surface area contributed by atoms with Crippen LogP contribution in [0.5, 0.6) is 0 Å². The van der Waals surface area contributed by atoms with Crippen molar-refractivity contribution in [3.05, 3.63) is 144 Å². The highest BCUT2D eigenvalue weighted by Gasteiger charge is 2.21. The van der Waals surface area contributed by atoms with Crippen molar-refractivity contribution in [2.24, 2.45) is 0 Å². The van der Waals surface area contributed by atoms with E-state index in [4.69, 9.17) is 0 Å². The maximum absolute atomic E-state index is 2.41. The lowest BCUT2D eigenvalue weighted by Gasteiger charge is -2.22. The third kappa shape index (κ3) is 3.46. The summed E-state index contributed by atoms with van der Waals surface area (Å²) in [5.41, 5.74) is 10.4. The fraction of sp³-hybridized carbons (Fsp3) is 0.0909. The van der Waals surface area contributed by atoms with Crippen LogP contribution in [0.15, 0.2) is 121 Å². The van der Waals surface area contributed by atoms with E-state index in [1.54, 1.807) is 0 Å². The van der Waals surface area contributed by atoms with E-state index < -0.39 is 0 Å². The largest absolute Gasteiger partial charge is 0.0616 e. The zero-order valence-electron chi connectivity index (χ0n) is 25.5. The van der Waals surface area contributed by atoms with Gasteiger partial charge in [0.1, 0.15) is 0 Å². The molecule has 0 unspecified atom stereocenters. The highest BCUT2D eigenvalue weighted by molar-refractivity contribution is 6.30. The lowest BCUT2D eigenvalue weighted by atomic mass is 9.81. The van der Waals surface area contributed by atoms with Crippen LogP contribution in [0, 0.1) is 27.7 Å². The van der Waals surface area contributed by atoms with Crippen LogP contribution in [-0.2, 0) is 0 Å². The van der Waals surface area contributed by atoms with E-state index in [2.05, 4.69) is 149 Å². The fourth-order valence-corrected chi connectivity index (χ4v) is 7.87. The Kier molecular flexibility index (Phi) is 5.26. The van der Waals surface area contributed by atoms with E-state index in [9.17, 15) is 0 Å². The van der Waals surface area contributed by atoms with Crippen molar-refractivity contribution < 1.29 is 0 Å². The molecule has 0 aliphatic carbocycles. The molecule has 0 aromatic heterocycles. The summed E-state index contributed by atoms with van der Waals surface area (Å²) in [5, 5.41) is 15.9. The van der Waals surface area contributed by atoms with Crippen LogP contribution in [0.1, 0.15) is 22.3 Å². The van der Waals surface area contributed by atoms with Gasteiger partial charge in [0.25, 0.3) is 0 Å². The molecule has 44 heavy (non-hydrogen) atoms. The van der Waals surface area contributed by atoms with Gasteiger partial charge in [-0.05, 0) is 126 Å². The molecule has 208 valence electrons. The second-order valence-corrected chi connectivity index (χ2v) is 12.7. The first-order chi connectivity index (χ1) is 21.5. The summed E-state index contributed by atoms with van der Waals surface area (Å²) >= 11 is 0. The molecule has 0 amide bonds. The number of hydrogen-bond acceptors (Lipinski definition) is 0. The van der Waals surface area contributed by atoms with Crippen LogP contribution in [0.4, 0.5) is 0 Å². The second kappa shape index (κ2) is 9.15. The molecule has 0 aliphatic rings. The lowest BCUT2D eigenvalue weighted by molar-refractivity contribution is 1.49. The van der Waals surface area contributed by atoms with Gasteiger partial charge in [-0.15, -0.1) is 0 Å². The normalized spacial score (nSPS) is 12.1. The maximum atomic E-state index is 2.41. The van der Waals surface area contributed by atoms with E-state index in [1.165, 1.54) is 109 Å². The third-order valence-electron chi connectivity index (χ3n) is 9.99. The van der Waals surface area contributed by atoms with Crippen molar-refractivity contribution in [1.82, 2.24) is 0 Å². The van der Waals surface area contributed by atoms with Gasteiger partial charge in [-0.25, -0.2) is 0 Å². The number of benzene rings is 9. The first-order valence-electron chi connectivity index (χ1n) is 15.6. The van der Waals surface area contributed by atoms with E-state index in [0.29, 0.717) is 0 Å². The number of fused-ring (bicyclic) bond motifs is 3. The molecule has 9 aromatic carbocycles. The van der Waals surface area contributed by atoms with Crippen molar-refractivity contribution in [1.29, 1.82) is 0 Å². The van der Waals surface area contributed by atoms with Gasteiger partial charge in [0.05, 0.1) is 0 Å². The molecule has 0 aliphatic heterocycles. The molecule has 0 spiro atoms. The topological polar surface area (TPSA) is 0 Å². The first kappa shape index (κ1) is 25.3. The molecule has 9 aromatic rings. The molecule has 0 fully saturated rings.